The van der Waals surface area contributed by atoms with Crippen molar-refractivity contribution in [1.82, 2.24) is 0 Å². The van der Waals surface area contributed by atoms with Crippen LogP contribution in [0.4, 0.5) is 0 Å². The average Bonchev–Trinajstić information content (AvgIpc) is 2.83. The molecule has 0 aliphatic carbocycles. The Morgan fingerprint density at radius 1 is 0.500 bits per heavy atom. The van der Waals surface area contributed by atoms with Gasteiger partial charge in [0, 0.05) is 5.41 Å². The Morgan fingerprint density at radius 2 is 0.778 bits per heavy atom. The molecule has 0 aliphatic heterocycles. The summed E-state index contributed by atoms with van der Waals surface area (Å²) in [6.45, 7) is 12.0. The number of benzene rings is 4. The van der Waals surface area contributed by atoms with Crippen molar-refractivity contribution in [3.8, 4) is 23.0 Å². The molecule has 0 saturated heterocycles. The summed E-state index contributed by atoms with van der Waals surface area (Å²) in [6.07, 6.45) is 0.806. The van der Waals surface area contributed by atoms with E-state index in [9.17, 15) is 10.2 Å². The molecule has 0 aromatic heterocycles. The molecule has 0 radical (unpaired) electrons. The van der Waals surface area contributed by atoms with Gasteiger partial charge in [-0.25, -0.2) is 0 Å². The van der Waals surface area contributed by atoms with Crippen molar-refractivity contribution in [2.24, 2.45) is 0 Å². The van der Waals surface area contributed by atoms with Gasteiger partial charge in [0.15, 0.2) is 0 Å². The van der Waals surface area contributed by atoms with Gasteiger partial charge in [0.2, 0.25) is 0 Å². The molecule has 0 bridgehead atoms. The summed E-state index contributed by atoms with van der Waals surface area (Å²) in [5.41, 5.74) is 8.00. The average molecular weight is 485 g/mol. The number of phenols is 4. The highest BCUT2D eigenvalue weighted by atomic mass is 16.3. The number of hydrogen-bond donors (Lipinski definition) is 4. The van der Waals surface area contributed by atoms with E-state index in [-0.39, 0.29) is 16.9 Å². The molecule has 0 aliphatic rings. The molecule has 188 valence electrons. The molecule has 0 fully saturated rings. The molecule has 0 spiro atoms. The summed E-state index contributed by atoms with van der Waals surface area (Å²) in [7, 11) is 0. The van der Waals surface area contributed by atoms with E-state index in [0.717, 1.165) is 39.8 Å². The molecule has 4 nitrogen and oxygen atoms in total. The van der Waals surface area contributed by atoms with Crippen LogP contribution in [0.2, 0.25) is 0 Å². The first-order valence-electron chi connectivity index (χ1n) is 12.1. The number of rotatable bonds is 4. The van der Waals surface area contributed by atoms with Gasteiger partial charge in [0.1, 0.15) is 23.0 Å². The zero-order chi connectivity index (χ0) is 26.6. The van der Waals surface area contributed by atoms with Crippen LogP contribution in [0.3, 0.4) is 0 Å². The van der Waals surface area contributed by atoms with Crippen molar-refractivity contribution in [2.75, 3.05) is 0 Å². The second-order valence-electron chi connectivity index (χ2n) is 10.1. The minimum absolute atomic E-state index is 0.188. The van der Waals surface area contributed by atoms with E-state index >= 15 is 0 Å². The van der Waals surface area contributed by atoms with Crippen LogP contribution >= 0.6 is 0 Å². The highest BCUT2D eigenvalue weighted by Crippen LogP contribution is 2.37. The minimum Gasteiger partial charge on any atom is -0.508 e. The summed E-state index contributed by atoms with van der Waals surface area (Å²) in [4.78, 5) is 0. The smallest absolute Gasteiger partial charge is 0.121 e. The first-order chi connectivity index (χ1) is 16.9. The van der Waals surface area contributed by atoms with Crippen molar-refractivity contribution in [3.63, 3.8) is 0 Å². The van der Waals surface area contributed by atoms with Crippen LogP contribution in [-0.4, -0.2) is 20.4 Å². The zero-order valence-electron chi connectivity index (χ0n) is 21.9. The van der Waals surface area contributed by atoms with E-state index in [1.807, 2.05) is 76.2 Å². The van der Waals surface area contributed by atoms with E-state index in [1.54, 1.807) is 24.3 Å². The van der Waals surface area contributed by atoms with Crippen molar-refractivity contribution in [1.29, 1.82) is 0 Å². The number of aromatic hydroxyl groups is 4. The molecule has 4 rings (SSSR count). The van der Waals surface area contributed by atoms with Crippen LogP contribution < -0.4 is 0 Å². The van der Waals surface area contributed by atoms with Crippen LogP contribution in [0.5, 0.6) is 23.0 Å². The lowest BCUT2D eigenvalue weighted by Gasteiger charge is -2.28. The SMILES string of the molecule is Cc1cc(C(C)(C)c2cc(C)c(O)c(C)c2)cc(C)c1O.Oc1ccc(Cc2ccc(O)cc2)cc1. The maximum Gasteiger partial charge on any atom is 0.121 e. The van der Waals surface area contributed by atoms with Crippen molar-refractivity contribution >= 4 is 0 Å². The van der Waals surface area contributed by atoms with Crippen LogP contribution in [0.15, 0.2) is 72.8 Å². The predicted octanol–water partition coefficient (Wildman–Crippen LogP) is 7.35. The third-order valence-corrected chi connectivity index (χ3v) is 6.71. The highest BCUT2D eigenvalue weighted by molar-refractivity contribution is 5.51. The molecule has 0 amide bonds. The number of aryl methyl sites for hydroxylation is 4. The predicted molar refractivity (Wildman–Crippen MR) is 146 cm³/mol. The fraction of sp³-hybridized carbons (Fsp3) is 0.250. The molecule has 0 atom stereocenters. The first kappa shape index (κ1) is 26.7. The van der Waals surface area contributed by atoms with Crippen LogP contribution in [0, 0.1) is 27.7 Å². The van der Waals surface area contributed by atoms with Gasteiger partial charge >= 0.3 is 0 Å². The Kier molecular flexibility index (Phi) is 7.99. The summed E-state index contributed by atoms with van der Waals surface area (Å²) in [5.74, 6) is 1.30. The van der Waals surface area contributed by atoms with Gasteiger partial charge < -0.3 is 20.4 Å². The molecule has 0 saturated carbocycles. The monoisotopic (exact) mass is 484 g/mol. The van der Waals surface area contributed by atoms with E-state index < -0.39 is 0 Å². The van der Waals surface area contributed by atoms with Gasteiger partial charge in [-0.1, -0.05) is 62.4 Å². The van der Waals surface area contributed by atoms with Gasteiger partial charge in [-0.15, -0.1) is 0 Å². The molecule has 0 unspecified atom stereocenters. The molecular formula is C32H36O4. The van der Waals surface area contributed by atoms with Crippen LogP contribution in [0.1, 0.15) is 58.4 Å². The number of phenolic OH excluding ortho intramolecular Hbond substituents is 4. The largest absolute Gasteiger partial charge is 0.508 e. The highest BCUT2D eigenvalue weighted by Gasteiger charge is 2.25. The molecule has 36 heavy (non-hydrogen) atoms. The Morgan fingerprint density at radius 3 is 1.06 bits per heavy atom. The van der Waals surface area contributed by atoms with Gasteiger partial charge in [-0.2, -0.15) is 0 Å². The lowest BCUT2D eigenvalue weighted by molar-refractivity contribution is 0.465. The second-order valence-corrected chi connectivity index (χ2v) is 10.1. The zero-order valence-corrected chi connectivity index (χ0v) is 21.9. The lowest BCUT2D eigenvalue weighted by Crippen LogP contribution is -2.19. The lowest BCUT2D eigenvalue weighted by atomic mass is 9.76. The van der Waals surface area contributed by atoms with Crippen molar-refractivity contribution in [2.45, 2.75) is 53.4 Å². The standard InChI is InChI=1S/C19H24O2.C13H12O2/c1-11-7-15(8-12(2)17(11)20)19(5,6)16-9-13(3)18(21)14(4)10-16;14-12-5-1-10(2-6-12)9-11-3-7-13(15)8-4-11/h7-10,20-21H,1-6H3;1-8,14-15H,9H2. The van der Waals surface area contributed by atoms with Crippen molar-refractivity contribution in [3.05, 3.63) is 117 Å². The Labute approximate surface area is 214 Å². The van der Waals surface area contributed by atoms with Crippen LogP contribution in [-0.2, 0) is 11.8 Å². The fourth-order valence-corrected chi connectivity index (χ4v) is 4.26. The van der Waals surface area contributed by atoms with Gasteiger partial charge in [0.25, 0.3) is 0 Å². The van der Waals surface area contributed by atoms with Gasteiger partial charge in [0.05, 0.1) is 0 Å². The normalized spacial score (nSPS) is 11.1. The molecule has 4 N–H and O–H groups in total. The molecule has 4 aromatic carbocycles. The van der Waals surface area contributed by atoms with E-state index in [0.29, 0.717) is 11.5 Å². The Bertz CT molecular complexity index is 1180. The molecular weight excluding hydrogens is 448 g/mol. The van der Waals surface area contributed by atoms with Gasteiger partial charge in [-0.3, -0.25) is 0 Å². The van der Waals surface area contributed by atoms with E-state index in [1.165, 1.54) is 11.1 Å². The quantitative estimate of drug-likeness (QED) is 0.244. The third-order valence-electron chi connectivity index (χ3n) is 6.71. The summed E-state index contributed by atoms with van der Waals surface area (Å²) >= 11 is 0. The maximum atomic E-state index is 9.96. The summed E-state index contributed by atoms with van der Waals surface area (Å²) in [6, 6.07) is 22.4. The maximum absolute atomic E-state index is 9.96. The molecule has 0 heterocycles. The second kappa shape index (κ2) is 10.8. The third kappa shape index (κ3) is 6.19. The van der Waals surface area contributed by atoms with Crippen molar-refractivity contribution < 1.29 is 20.4 Å². The van der Waals surface area contributed by atoms with E-state index in [4.69, 9.17) is 10.2 Å². The Balaban J connectivity index is 0.000000212. The topological polar surface area (TPSA) is 80.9 Å². The van der Waals surface area contributed by atoms with E-state index in [2.05, 4.69) is 13.8 Å². The van der Waals surface area contributed by atoms with Crippen LogP contribution in [0.25, 0.3) is 0 Å². The Hall–Kier alpha value is -3.92. The van der Waals surface area contributed by atoms with Gasteiger partial charge in [-0.05, 0) is 103 Å². The summed E-state index contributed by atoms with van der Waals surface area (Å²) in [5, 5.41) is 38.2. The molecule has 4 aromatic rings. The first-order valence-corrected chi connectivity index (χ1v) is 12.1. The fourth-order valence-electron chi connectivity index (χ4n) is 4.26. The number of hydrogen-bond acceptors (Lipinski definition) is 4. The molecule has 4 heteroatoms. The minimum atomic E-state index is -0.188. The summed E-state index contributed by atoms with van der Waals surface area (Å²) < 4.78 is 0.